The Morgan fingerprint density at radius 3 is 2.43 bits per heavy atom. The molecule has 0 fully saturated rings. The Hall–Kier alpha value is -3.01. The fourth-order valence-electron chi connectivity index (χ4n) is 2.54. The van der Waals surface area contributed by atoms with Crippen LogP contribution in [0, 0.1) is 11.6 Å². The number of anilines is 2. The molecule has 0 aliphatic rings. The highest BCUT2D eigenvalue weighted by Gasteiger charge is 2.22. The van der Waals surface area contributed by atoms with Crippen LogP contribution < -0.4 is 10.6 Å². The number of ether oxygens (including phenoxy) is 1. The molecule has 3 amide bonds. The number of amides is 3. The minimum Gasteiger partial charge on any atom is -0.383 e. The lowest BCUT2D eigenvalue weighted by atomic mass is 9.92. The first-order valence-corrected chi connectivity index (χ1v) is 9.35. The van der Waals surface area contributed by atoms with E-state index < -0.39 is 23.6 Å². The molecule has 0 saturated carbocycles. The summed E-state index contributed by atoms with van der Waals surface area (Å²) in [5.41, 5.74) is 0.700. The normalized spacial score (nSPS) is 11.3. The molecule has 1 heterocycles. The van der Waals surface area contributed by atoms with Gasteiger partial charge in [0.15, 0.2) is 11.6 Å². The number of halogens is 2. The average molecular weight is 423 g/mol. The summed E-state index contributed by atoms with van der Waals surface area (Å²) in [6.45, 7) is 6.08. The highest BCUT2D eigenvalue weighted by atomic mass is 19.2. The number of hydrogen-bond donors (Lipinski definition) is 2. The van der Waals surface area contributed by atoms with Gasteiger partial charge in [-0.25, -0.2) is 13.6 Å². The molecule has 2 aromatic rings. The second kappa shape index (κ2) is 9.66. The zero-order chi connectivity index (χ0) is 22.5. The van der Waals surface area contributed by atoms with E-state index in [2.05, 4.69) is 15.7 Å². The number of urea groups is 1. The number of nitrogens with one attached hydrogen (secondary N) is 2. The van der Waals surface area contributed by atoms with Crippen LogP contribution in [-0.2, 0) is 22.0 Å². The van der Waals surface area contributed by atoms with E-state index in [4.69, 9.17) is 4.74 Å². The first-order chi connectivity index (χ1) is 14.0. The maximum absolute atomic E-state index is 13.4. The van der Waals surface area contributed by atoms with Crippen LogP contribution in [-0.4, -0.2) is 53.4 Å². The molecule has 0 unspecified atom stereocenters. The molecule has 0 saturated heterocycles. The maximum Gasteiger partial charge on any atom is 0.322 e. The molecule has 164 valence electrons. The molecule has 2 N–H and O–H groups in total. The molecule has 0 radical (unpaired) electrons. The third-order valence-corrected chi connectivity index (χ3v) is 4.27. The third-order valence-electron chi connectivity index (χ3n) is 4.27. The highest BCUT2D eigenvalue weighted by molar-refractivity contribution is 5.96. The number of carbonyl (C=O) groups excluding carboxylic acids is 2. The van der Waals surface area contributed by atoms with Crippen molar-refractivity contribution in [2.75, 3.05) is 37.4 Å². The fraction of sp³-hybridized carbons (Fsp3) is 0.450. The van der Waals surface area contributed by atoms with E-state index >= 15 is 0 Å². The van der Waals surface area contributed by atoms with Gasteiger partial charge in [0.05, 0.1) is 12.3 Å². The van der Waals surface area contributed by atoms with E-state index in [1.165, 1.54) is 18.1 Å². The Balaban J connectivity index is 2.07. The first kappa shape index (κ1) is 23.3. The zero-order valence-electron chi connectivity index (χ0n) is 17.8. The van der Waals surface area contributed by atoms with Gasteiger partial charge in [0.25, 0.3) is 0 Å². The summed E-state index contributed by atoms with van der Waals surface area (Å²) in [4.78, 5) is 26.3. The molecular formula is C20H27F2N5O3. The van der Waals surface area contributed by atoms with Crippen LogP contribution in [0.25, 0.3) is 0 Å². The molecule has 8 nitrogen and oxygen atoms in total. The number of aromatic nitrogens is 2. The van der Waals surface area contributed by atoms with Gasteiger partial charge in [-0.2, -0.15) is 5.10 Å². The number of benzene rings is 1. The third kappa shape index (κ3) is 6.24. The van der Waals surface area contributed by atoms with Crippen LogP contribution in [0.4, 0.5) is 25.1 Å². The van der Waals surface area contributed by atoms with Gasteiger partial charge < -0.3 is 20.3 Å². The van der Waals surface area contributed by atoms with Crippen molar-refractivity contribution in [3.8, 4) is 0 Å². The summed E-state index contributed by atoms with van der Waals surface area (Å²) in [6, 6.07) is 4.14. The Labute approximate surface area is 174 Å². The number of rotatable bonds is 7. The lowest BCUT2D eigenvalue weighted by Crippen LogP contribution is -2.42. The van der Waals surface area contributed by atoms with Gasteiger partial charge in [0.2, 0.25) is 5.91 Å². The van der Waals surface area contributed by atoms with Gasteiger partial charge in [0.1, 0.15) is 12.4 Å². The van der Waals surface area contributed by atoms with Crippen molar-refractivity contribution in [1.82, 2.24) is 14.7 Å². The van der Waals surface area contributed by atoms with E-state index in [0.717, 1.165) is 17.8 Å². The summed E-state index contributed by atoms with van der Waals surface area (Å²) in [7, 11) is 3.18. The number of nitrogens with zero attached hydrogens (tertiary/aromatic N) is 3. The van der Waals surface area contributed by atoms with Crippen LogP contribution in [0.1, 0.15) is 26.5 Å². The Morgan fingerprint density at radius 2 is 1.87 bits per heavy atom. The molecule has 0 aliphatic carbocycles. The minimum absolute atomic E-state index is 0.0724. The predicted octanol–water partition coefficient (Wildman–Crippen LogP) is 3.11. The molecule has 2 rings (SSSR count). The van der Waals surface area contributed by atoms with Crippen LogP contribution >= 0.6 is 0 Å². The van der Waals surface area contributed by atoms with Crippen molar-refractivity contribution in [2.45, 2.75) is 26.2 Å². The number of carbonyl (C=O) groups is 2. The number of hydrogen-bond acceptors (Lipinski definition) is 4. The summed E-state index contributed by atoms with van der Waals surface area (Å²) in [5, 5.41) is 9.58. The molecule has 0 atom stereocenters. The van der Waals surface area contributed by atoms with Gasteiger partial charge in [0, 0.05) is 43.9 Å². The van der Waals surface area contributed by atoms with E-state index in [1.807, 2.05) is 20.8 Å². The molecule has 1 aromatic heterocycles. The molecule has 0 spiro atoms. The molecule has 30 heavy (non-hydrogen) atoms. The van der Waals surface area contributed by atoms with Crippen molar-refractivity contribution in [3.05, 3.63) is 41.6 Å². The Bertz CT molecular complexity index is 908. The van der Waals surface area contributed by atoms with Crippen molar-refractivity contribution in [1.29, 1.82) is 0 Å². The van der Waals surface area contributed by atoms with E-state index in [1.54, 1.807) is 17.8 Å². The molecule has 0 aliphatic heterocycles. The number of methoxy groups -OCH3 is 1. The van der Waals surface area contributed by atoms with E-state index in [9.17, 15) is 18.4 Å². The van der Waals surface area contributed by atoms with Crippen LogP contribution in [0.5, 0.6) is 0 Å². The highest BCUT2D eigenvalue weighted by Crippen LogP contribution is 2.23. The van der Waals surface area contributed by atoms with Crippen LogP contribution in [0.3, 0.4) is 0 Å². The SMILES string of the molecule is COCCN(CC(=O)Nc1cc(C(C)(C)C)nn1C)C(=O)Nc1ccc(F)c(F)c1. The standard InChI is InChI=1S/C20H27F2N5O3/c1-20(2,3)16-11-17(26(4)25-16)24-18(28)12-27(8-9-30-5)19(29)23-13-6-7-14(21)15(22)10-13/h6-7,10-11H,8-9,12H2,1-5H3,(H,23,29)(H,24,28). The molecule has 1 aromatic carbocycles. The average Bonchev–Trinajstić information content (AvgIpc) is 3.02. The quantitative estimate of drug-likeness (QED) is 0.716. The van der Waals surface area contributed by atoms with Crippen molar-refractivity contribution >= 4 is 23.4 Å². The van der Waals surface area contributed by atoms with E-state index in [0.29, 0.717) is 5.82 Å². The summed E-state index contributed by atoms with van der Waals surface area (Å²) < 4.78 is 33.0. The van der Waals surface area contributed by atoms with Crippen molar-refractivity contribution < 1.29 is 23.1 Å². The molecule has 0 bridgehead atoms. The van der Waals surface area contributed by atoms with Crippen LogP contribution in [0.2, 0.25) is 0 Å². The summed E-state index contributed by atoms with van der Waals surface area (Å²) in [5.74, 6) is -2.04. The summed E-state index contributed by atoms with van der Waals surface area (Å²) >= 11 is 0. The Kier molecular flexibility index (Phi) is 7.49. The Morgan fingerprint density at radius 1 is 1.17 bits per heavy atom. The first-order valence-electron chi connectivity index (χ1n) is 9.35. The van der Waals surface area contributed by atoms with Gasteiger partial charge in [-0.15, -0.1) is 0 Å². The second-order valence-corrected chi connectivity index (χ2v) is 7.81. The predicted molar refractivity (Wildman–Crippen MR) is 109 cm³/mol. The lowest BCUT2D eigenvalue weighted by Gasteiger charge is -2.22. The van der Waals surface area contributed by atoms with Gasteiger partial charge in [-0.05, 0) is 12.1 Å². The van der Waals surface area contributed by atoms with Gasteiger partial charge in [-0.1, -0.05) is 20.8 Å². The van der Waals surface area contributed by atoms with Crippen molar-refractivity contribution in [3.63, 3.8) is 0 Å². The topological polar surface area (TPSA) is 88.5 Å². The lowest BCUT2D eigenvalue weighted by molar-refractivity contribution is -0.116. The molecule has 10 heteroatoms. The smallest absolute Gasteiger partial charge is 0.322 e. The summed E-state index contributed by atoms with van der Waals surface area (Å²) in [6.07, 6.45) is 0. The number of aryl methyl sites for hydroxylation is 1. The maximum atomic E-state index is 13.4. The fourth-order valence-corrected chi connectivity index (χ4v) is 2.54. The largest absolute Gasteiger partial charge is 0.383 e. The van der Waals surface area contributed by atoms with Gasteiger partial charge in [-0.3, -0.25) is 9.48 Å². The van der Waals surface area contributed by atoms with E-state index in [-0.39, 0.29) is 30.8 Å². The van der Waals surface area contributed by atoms with Gasteiger partial charge >= 0.3 is 6.03 Å². The monoisotopic (exact) mass is 423 g/mol. The van der Waals surface area contributed by atoms with Crippen molar-refractivity contribution in [2.24, 2.45) is 7.05 Å². The van der Waals surface area contributed by atoms with Crippen LogP contribution in [0.15, 0.2) is 24.3 Å². The zero-order valence-corrected chi connectivity index (χ0v) is 17.8. The molecular weight excluding hydrogens is 396 g/mol. The second-order valence-electron chi connectivity index (χ2n) is 7.81. The minimum atomic E-state index is -1.08.